The van der Waals surface area contributed by atoms with E-state index >= 15 is 0 Å². The van der Waals surface area contributed by atoms with Gasteiger partial charge in [0.25, 0.3) is 0 Å². The van der Waals surface area contributed by atoms with Gasteiger partial charge in [0.15, 0.2) is 12.2 Å². The number of rotatable bonds is 8. The van der Waals surface area contributed by atoms with E-state index in [0.29, 0.717) is 0 Å². The van der Waals surface area contributed by atoms with Crippen LogP contribution in [0.1, 0.15) is 12.5 Å². The Balaban J connectivity index is 1.97. The molecule has 2 aromatic carbocycles. The summed E-state index contributed by atoms with van der Waals surface area (Å²) >= 11 is 1.28. The average molecular weight is 458 g/mol. The number of esters is 2. The number of hydrogen-bond donors (Lipinski definition) is 0. The molecule has 3 rings (SSSR count). The van der Waals surface area contributed by atoms with Gasteiger partial charge in [0.1, 0.15) is 17.6 Å². The summed E-state index contributed by atoms with van der Waals surface area (Å²) in [7, 11) is 1.22. The molecule has 0 amide bonds. The van der Waals surface area contributed by atoms with Crippen LogP contribution in [0, 0.1) is 0 Å². The van der Waals surface area contributed by atoms with E-state index in [0.717, 1.165) is 10.5 Å². The van der Waals surface area contributed by atoms with Gasteiger partial charge in [-0.25, -0.2) is 4.79 Å². The van der Waals surface area contributed by atoms with E-state index in [2.05, 4.69) is 10.0 Å². The summed E-state index contributed by atoms with van der Waals surface area (Å²) in [6.07, 6.45) is -3.36. The highest BCUT2D eigenvalue weighted by Crippen LogP contribution is 2.38. The van der Waals surface area contributed by atoms with Crippen LogP contribution in [0.15, 0.2) is 70.7 Å². The van der Waals surface area contributed by atoms with Gasteiger partial charge in [0.05, 0.1) is 13.7 Å². The predicted molar refractivity (Wildman–Crippen MR) is 116 cm³/mol. The minimum Gasteiger partial charge on any atom is -0.467 e. The Morgan fingerprint density at radius 2 is 1.75 bits per heavy atom. The molecule has 0 radical (unpaired) electrons. The molecule has 1 saturated heterocycles. The first-order chi connectivity index (χ1) is 15.5. The third-order valence-electron chi connectivity index (χ3n) is 4.72. The number of carbonyl (C=O) groups excluding carboxylic acids is 2. The molecule has 0 saturated carbocycles. The lowest BCUT2D eigenvalue weighted by molar-refractivity contribution is -0.210. The fourth-order valence-corrected chi connectivity index (χ4v) is 4.43. The number of nitrogens with zero attached hydrogens (tertiary/aromatic N) is 3. The number of methoxy groups -OCH3 is 1. The van der Waals surface area contributed by atoms with Crippen molar-refractivity contribution in [3.05, 3.63) is 76.7 Å². The van der Waals surface area contributed by atoms with Crippen LogP contribution in [0.3, 0.4) is 0 Å². The standard InChI is InChI=1S/C22H23N3O6S/c1-14(26)30-19-18(29-13-15-9-5-3-6-10-15)17(24-25-23)22(31-20(19)21(27)28-2)32-16-11-7-4-8-12-16/h3-12,17-20,22H,13H2,1-2H3/t17-,18+,19-,20-,22-/m0/s1. The fourth-order valence-electron chi connectivity index (χ4n) is 3.32. The Hall–Kier alpha value is -3.04. The van der Waals surface area contributed by atoms with Crippen molar-refractivity contribution < 1.29 is 28.5 Å². The van der Waals surface area contributed by atoms with E-state index < -0.39 is 41.7 Å². The third kappa shape index (κ3) is 6.02. The average Bonchev–Trinajstić information content (AvgIpc) is 2.80. The molecule has 1 heterocycles. The molecule has 1 aliphatic heterocycles. The van der Waals surface area contributed by atoms with Crippen LogP contribution in [0.2, 0.25) is 0 Å². The summed E-state index contributed by atoms with van der Waals surface area (Å²) in [6.45, 7) is 1.37. The van der Waals surface area contributed by atoms with Crippen LogP contribution < -0.4 is 0 Å². The van der Waals surface area contributed by atoms with E-state index in [-0.39, 0.29) is 6.61 Å². The van der Waals surface area contributed by atoms with E-state index in [1.165, 1.54) is 25.8 Å². The summed E-state index contributed by atoms with van der Waals surface area (Å²) < 4.78 is 22.4. The second-order valence-corrected chi connectivity index (χ2v) is 8.08. The van der Waals surface area contributed by atoms with E-state index in [1.807, 2.05) is 60.7 Å². The molecular formula is C22H23N3O6S. The Labute approximate surface area is 189 Å². The van der Waals surface area contributed by atoms with Gasteiger partial charge in [-0.05, 0) is 23.2 Å². The van der Waals surface area contributed by atoms with Gasteiger partial charge in [-0.1, -0.05) is 65.4 Å². The lowest BCUT2D eigenvalue weighted by Crippen LogP contribution is -2.60. The maximum Gasteiger partial charge on any atom is 0.339 e. The summed E-state index contributed by atoms with van der Waals surface area (Å²) in [5, 5.41) is 3.90. The van der Waals surface area contributed by atoms with Crippen molar-refractivity contribution in [3.8, 4) is 0 Å². The van der Waals surface area contributed by atoms with Crippen LogP contribution in [0.5, 0.6) is 0 Å². The highest BCUT2D eigenvalue weighted by atomic mass is 32.2. The molecule has 10 heteroatoms. The lowest BCUT2D eigenvalue weighted by atomic mass is 9.97. The van der Waals surface area contributed by atoms with Gasteiger partial charge >= 0.3 is 11.9 Å². The quantitative estimate of drug-likeness (QED) is 0.255. The van der Waals surface area contributed by atoms with Gasteiger partial charge in [0.2, 0.25) is 0 Å². The van der Waals surface area contributed by atoms with E-state index in [4.69, 9.17) is 18.9 Å². The zero-order chi connectivity index (χ0) is 22.9. The Bertz CT molecular complexity index is 955. The smallest absolute Gasteiger partial charge is 0.339 e. The number of thioether (sulfide) groups is 1. The van der Waals surface area contributed by atoms with E-state index in [1.54, 1.807) is 0 Å². The van der Waals surface area contributed by atoms with Crippen molar-refractivity contribution in [2.75, 3.05) is 7.11 Å². The Morgan fingerprint density at radius 1 is 1.09 bits per heavy atom. The van der Waals surface area contributed by atoms with Crippen LogP contribution in [0.25, 0.3) is 10.4 Å². The largest absolute Gasteiger partial charge is 0.467 e. The third-order valence-corrected chi connectivity index (χ3v) is 5.89. The van der Waals surface area contributed by atoms with Crippen molar-refractivity contribution in [3.63, 3.8) is 0 Å². The Morgan fingerprint density at radius 3 is 2.34 bits per heavy atom. The number of hydrogen-bond acceptors (Lipinski definition) is 8. The molecule has 1 fully saturated rings. The molecule has 0 N–H and O–H groups in total. The number of carbonyl (C=O) groups is 2. The maximum atomic E-state index is 12.5. The first-order valence-corrected chi connectivity index (χ1v) is 10.7. The highest BCUT2D eigenvalue weighted by Gasteiger charge is 2.52. The van der Waals surface area contributed by atoms with Crippen LogP contribution >= 0.6 is 11.8 Å². The second kappa shape index (κ2) is 11.5. The van der Waals surface area contributed by atoms with Crippen molar-refractivity contribution in [1.29, 1.82) is 0 Å². The maximum absolute atomic E-state index is 12.5. The van der Waals surface area contributed by atoms with Crippen molar-refractivity contribution in [2.45, 2.75) is 48.2 Å². The monoisotopic (exact) mass is 457 g/mol. The minimum atomic E-state index is -1.25. The molecule has 32 heavy (non-hydrogen) atoms. The number of benzene rings is 2. The molecule has 0 aromatic heterocycles. The zero-order valence-corrected chi connectivity index (χ0v) is 18.4. The predicted octanol–water partition coefficient (Wildman–Crippen LogP) is 3.87. The summed E-state index contributed by atoms with van der Waals surface area (Å²) in [5.41, 5.74) is 9.31. The van der Waals surface area contributed by atoms with Crippen LogP contribution in [0.4, 0.5) is 0 Å². The Kier molecular flexibility index (Phi) is 8.52. The second-order valence-electron chi connectivity index (χ2n) is 6.91. The topological polar surface area (TPSA) is 120 Å². The fraction of sp³-hybridized carbons (Fsp3) is 0.364. The van der Waals surface area contributed by atoms with Gasteiger partial charge in [-0.3, -0.25) is 4.79 Å². The molecular weight excluding hydrogens is 434 g/mol. The van der Waals surface area contributed by atoms with Crippen LogP contribution in [-0.2, 0) is 35.1 Å². The van der Waals surface area contributed by atoms with Crippen molar-refractivity contribution >= 4 is 23.7 Å². The SMILES string of the molecule is COC(=O)[C@H]1O[C@@H](Sc2ccccc2)[C@@H](N=[N+]=[N-])[C@@H](OCc2ccccc2)[C@@H]1OC(C)=O. The summed E-state index contributed by atoms with van der Waals surface area (Å²) in [5.74, 6) is -1.35. The van der Waals surface area contributed by atoms with Crippen molar-refractivity contribution in [2.24, 2.45) is 5.11 Å². The molecule has 0 aliphatic carbocycles. The minimum absolute atomic E-state index is 0.150. The molecule has 168 valence electrons. The van der Waals surface area contributed by atoms with Crippen LogP contribution in [-0.4, -0.2) is 48.8 Å². The van der Waals surface area contributed by atoms with E-state index in [9.17, 15) is 15.1 Å². The molecule has 0 unspecified atom stereocenters. The molecule has 5 atom stereocenters. The van der Waals surface area contributed by atoms with Gasteiger partial charge in [-0.2, -0.15) is 0 Å². The normalized spacial score (nSPS) is 24.8. The number of ether oxygens (including phenoxy) is 4. The first-order valence-electron chi connectivity index (χ1n) is 9.85. The lowest BCUT2D eigenvalue weighted by Gasteiger charge is -2.43. The molecule has 0 bridgehead atoms. The summed E-state index contributed by atoms with van der Waals surface area (Å²) in [6, 6.07) is 17.8. The van der Waals surface area contributed by atoms with Gasteiger partial charge < -0.3 is 18.9 Å². The zero-order valence-electron chi connectivity index (χ0n) is 17.6. The highest BCUT2D eigenvalue weighted by molar-refractivity contribution is 7.99. The van der Waals surface area contributed by atoms with Crippen molar-refractivity contribution in [1.82, 2.24) is 0 Å². The summed E-state index contributed by atoms with van der Waals surface area (Å²) in [4.78, 5) is 28.2. The molecule has 2 aromatic rings. The first kappa shape index (κ1) is 23.6. The number of azide groups is 1. The van der Waals surface area contributed by atoms with Gasteiger partial charge in [-0.15, -0.1) is 0 Å². The molecule has 1 aliphatic rings. The van der Waals surface area contributed by atoms with Gasteiger partial charge in [0, 0.05) is 16.7 Å². The molecule has 9 nitrogen and oxygen atoms in total. The molecule has 0 spiro atoms.